The summed E-state index contributed by atoms with van der Waals surface area (Å²) in [5.74, 6) is -2.77. The number of amides is 1. The first kappa shape index (κ1) is 21.5. The van der Waals surface area contributed by atoms with Gasteiger partial charge in [0.05, 0.1) is 10.5 Å². The summed E-state index contributed by atoms with van der Waals surface area (Å²) in [4.78, 5) is 24.2. The Labute approximate surface area is 162 Å². The summed E-state index contributed by atoms with van der Waals surface area (Å²) < 4.78 is 41.7. The quantitative estimate of drug-likeness (QED) is 0.738. The van der Waals surface area contributed by atoms with Gasteiger partial charge in [0.1, 0.15) is 5.82 Å². The number of halogens is 1. The lowest BCUT2D eigenvalue weighted by Crippen LogP contribution is -2.31. The van der Waals surface area contributed by atoms with Crippen LogP contribution in [0.25, 0.3) is 0 Å². The van der Waals surface area contributed by atoms with Crippen molar-refractivity contribution in [3.8, 4) is 0 Å². The first-order valence-electron chi connectivity index (χ1n) is 8.32. The minimum Gasteiger partial charge on any atom is -0.449 e. The van der Waals surface area contributed by atoms with Gasteiger partial charge in [0.25, 0.3) is 5.91 Å². The third kappa shape index (κ3) is 4.93. The molecule has 0 aliphatic rings. The van der Waals surface area contributed by atoms with Gasteiger partial charge in [0, 0.05) is 5.69 Å². The van der Waals surface area contributed by atoms with Crippen LogP contribution in [0.1, 0.15) is 34.0 Å². The number of nitrogens with one attached hydrogen (secondary N) is 1. The maximum absolute atomic E-state index is 13.9. The van der Waals surface area contributed by atoms with E-state index in [1.807, 2.05) is 32.9 Å². The van der Waals surface area contributed by atoms with Crippen LogP contribution in [0.5, 0.6) is 0 Å². The molecule has 2 aromatic carbocycles. The molecule has 0 heterocycles. The number of hydrogen-bond donors (Lipinski definition) is 2. The minimum absolute atomic E-state index is 0.441. The molecule has 9 heteroatoms. The summed E-state index contributed by atoms with van der Waals surface area (Å²) in [6.45, 7) is 6.93. The zero-order valence-corrected chi connectivity index (χ0v) is 16.7. The first-order valence-corrected chi connectivity index (χ1v) is 9.87. The standard InChI is InChI=1S/C19H21FN2O5S/c1-10-7-11(2)17(12(3)8-10)22-18(23)13(4)27-19(24)15-9-14(28(21,25)26)5-6-16(15)20/h5-9,13H,1-4H3,(H,22,23)(H2,21,25,26)/t13-/m1/s1. The van der Waals surface area contributed by atoms with Crippen LogP contribution in [0.2, 0.25) is 0 Å². The van der Waals surface area contributed by atoms with Crippen molar-refractivity contribution in [1.82, 2.24) is 0 Å². The van der Waals surface area contributed by atoms with Crippen molar-refractivity contribution in [2.24, 2.45) is 5.14 Å². The van der Waals surface area contributed by atoms with Crippen LogP contribution in [-0.2, 0) is 19.6 Å². The normalized spacial score (nSPS) is 12.4. The third-order valence-corrected chi connectivity index (χ3v) is 4.98. The van der Waals surface area contributed by atoms with Crippen molar-refractivity contribution in [1.29, 1.82) is 0 Å². The average Bonchev–Trinajstić information content (AvgIpc) is 2.56. The number of aryl methyl sites for hydroxylation is 3. The molecule has 0 bridgehead atoms. The van der Waals surface area contributed by atoms with Crippen molar-refractivity contribution in [2.45, 2.75) is 38.7 Å². The second-order valence-corrected chi connectivity index (χ2v) is 8.06. The molecule has 0 unspecified atom stereocenters. The predicted octanol–water partition coefficient (Wildman–Crippen LogP) is 2.58. The fourth-order valence-corrected chi connectivity index (χ4v) is 3.26. The molecule has 0 aromatic heterocycles. The number of primary sulfonamides is 1. The Morgan fingerprint density at radius 2 is 1.68 bits per heavy atom. The molecule has 2 rings (SSSR count). The van der Waals surface area contributed by atoms with Crippen LogP contribution >= 0.6 is 0 Å². The van der Waals surface area contributed by atoms with E-state index in [4.69, 9.17) is 9.88 Å². The fourth-order valence-electron chi connectivity index (χ4n) is 2.72. The van der Waals surface area contributed by atoms with E-state index in [1.54, 1.807) is 0 Å². The van der Waals surface area contributed by atoms with E-state index >= 15 is 0 Å². The number of sulfonamides is 1. The second kappa shape index (κ2) is 8.07. The molecule has 0 saturated heterocycles. The molecule has 1 atom stereocenters. The maximum Gasteiger partial charge on any atom is 0.341 e. The molecule has 0 aliphatic heterocycles. The summed E-state index contributed by atoms with van der Waals surface area (Å²) in [7, 11) is -4.13. The van der Waals surface area contributed by atoms with Gasteiger partial charge in [-0.3, -0.25) is 4.79 Å². The Morgan fingerprint density at radius 3 is 2.21 bits per heavy atom. The Hall–Kier alpha value is -2.78. The van der Waals surface area contributed by atoms with Crippen LogP contribution in [0.4, 0.5) is 10.1 Å². The topological polar surface area (TPSA) is 116 Å². The number of carbonyl (C=O) groups is 2. The molecule has 7 nitrogen and oxygen atoms in total. The van der Waals surface area contributed by atoms with Gasteiger partial charge in [-0.1, -0.05) is 17.7 Å². The zero-order valence-electron chi connectivity index (χ0n) is 15.9. The molecule has 2 aromatic rings. The fraction of sp³-hybridized carbons (Fsp3) is 0.263. The molecular formula is C19H21FN2O5S. The van der Waals surface area contributed by atoms with Crippen LogP contribution in [0, 0.1) is 26.6 Å². The molecule has 0 radical (unpaired) electrons. The number of anilines is 1. The summed E-state index contributed by atoms with van der Waals surface area (Å²) in [5.41, 5.74) is 2.69. The molecule has 0 saturated carbocycles. The molecular weight excluding hydrogens is 387 g/mol. The van der Waals surface area contributed by atoms with Gasteiger partial charge >= 0.3 is 5.97 Å². The maximum atomic E-state index is 13.9. The van der Waals surface area contributed by atoms with Gasteiger partial charge in [0.15, 0.2) is 6.10 Å². The van der Waals surface area contributed by atoms with Crippen LogP contribution in [-0.4, -0.2) is 26.4 Å². The van der Waals surface area contributed by atoms with Crippen LogP contribution < -0.4 is 10.5 Å². The Kier molecular flexibility index (Phi) is 6.20. The minimum atomic E-state index is -4.13. The van der Waals surface area contributed by atoms with Crippen molar-refractivity contribution in [2.75, 3.05) is 5.32 Å². The first-order chi connectivity index (χ1) is 12.9. The van der Waals surface area contributed by atoms with Gasteiger partial charge in [-0.15, -0.1) is 0 Å². The van der Waals surface area contributed by atoms with Gasteiger partial charge in [-0.2, -0.15) is 0 Å². The zero-order chi connectivity index (χ0) is 21.2. The van der Waals surface area contributed by atoms with Crippen LogP contribution in [0.15, 0.2) is 35.2 Å². The highest BCUT2D eigenvalue weighted by molar-refractivity contribution is 7.89. The van der Waals surface area contributed by atoms with E-state index in [1.165, 1.54) is 6.92 Å². The molecule has 0 spiro atoms. The smallest absolute Gasteiger partial charge is 0.341 e. The van der Waals surface area contributed by atoms with Crippen molar-refractivity contribution in [3.63, 3.8) is 0 Å². The highest BCUT2D eigenvalue weighted by Gasteiger charge is 2.23. The lowest BCUT2D eigenvalue weighted by atomic mass is 10.0. The van der Waals surface area contributed by atoms with E-state index in [9.17, 15) is 22.4 Å². The highest BCUT2D eigenvalue weighted by Crippen LogP contribution is 2.22. The van der Waals surface area contributed by atoms with Crippen molar-refractivity contribution >= 4 is 27.6 Å². The van der Waals surface area contributed by atoms with Crippen molar-refractivity contribution < 1.29 is 27.1 Å². The monoisotopic (exact) mass is 408 g/mol. The molecule has 150 valence electrons. The number of esters is 1. The van der Waals surface area contributed by atoms with E-state index in [0.29, 0.717) is 5.69 Å². The lowest BCUT2D eigenvalue weighted by molar-refractivity contribution is -0.123. The average molecular weight is 408 g/mol. The number of rotatable bonds is 5. The third-order valence-electron chi connectivity index (χ3n) is 4.06. The molecule has 28 heavy (non-hydrogen) atoms. The second-order valence-electron chi connectivity index (χ2n) is 6.50. The van der Waals surface area contributed by atoms with E-state index in [-0.39, 0.29) is 0 Å². The SMILES string of the molecule is Cc1cc(C)c(NC(=O)[C@@H](C)OC(=O)c2cc(S(N)(=O)=O)ccc2F)c(C)c1. The number of ether oxygens (including phenoxy) is 1. The molecule has 1 amide bonds. The number of benzene rings is 2. The Balaban J connectivity index is 2.18. The summed E-state index contributed by atoms with van der Waals surface area (Å²) in [6.07, 6.45) is -1.25. The van der Waals surface area contributed by atoms with E-state index in [2.05, 4.69) is 5.32 Å². The van der Waals surface area contributed by atoms with Crippen molar-refractivity contribution in [3.05, 3.63) is 58.4 Å². The lowest BCUT2D eigenvalue weighted by Gasteiger charge is -2.17. The largest absolute Gasteiger partial charge is 0.449 e. The summed E-state index contributed by atoms with van der Waals surface area (Å²) in [6, 6.07) is 6.29. The van der Waals surface area contributed by atoms with Gasteiger partial charge in [-0.25, -0.2) is 22.7 Å². The number of nitrogens with two attached hydrogens (primary N) is 1. The molecule has 0 fully saturated rings. The Morgan fingerprint density at radius 1 is 1.11 bits per heavy atom. The van der Waals surface area contributed by atoms with Gasteiger partial charge in [-0.05, 0) is 57.0 Å². The number of hydrogen-bond acceptors (Lipinski definition) is 5. The summed E-state index contributed by atoms with van der Waals surface area (Å²) >= 11 is 0. The molecule has 3 N–H and O–H groups in total. The van der Waals surface area contributed by atoms with Gasteiger partial charge < -0.3 is 10.1 Å². The van der Waals surface area contributed by atoms with E-state index in [0.717, 1.165) is 34.9 Å². The van der Waals surface area contributed by atoms with Gasteiger partial charge in [0.2, 0.25) is 10.0 Å². The van der Waals surface area contributed by atoms with Crippen LogP contribution in [0.3, 0.4) is 0 Å². The Bertz CT molecular complexity index is 1030. The number of carbonyl (C=O) groups excluding carboxylic acids is 2. The predicted molar refractivity (Wildman–Crippen MR) is 102 cm³/mol. The highest BCUT2D eigenvalue weighted by atomic mass is 32.2. The summed E-state index contributed by atoms with van der Waals surface area (Å²) in [5, 5.41) is 7.67. The molecule has 0 aliphatic carbocycles. The van der Waals surface area contributed by atoms with E-state index < -0.39 is 44.3 Å².